The quantitative estimate of drug-likeness (QED) is 0.571. The van der Waals surface area contributed by atoms with Gasteiger partial charge >= 0.3 is 0 Å². The fourth-order valence-corrected chi connectivity index (χ4v) is 3.79. The summed E-state index contributed by atoms with van der Waals surface area (Å²) in [6.07, 6.45) is 13.2. The van der Waals surface area contributed by atoms with E-state index in [1.54, 1.807) is 11.8 Å². The fraction of sp³-hybridized carbons (Fsp3) is 0.316. The zero-order valence-electron chi connectivity index (χ0n) is 14.9. The minimum atomic E-state index is 0.796. The average Bonchev–Trinajstić information content (AvgIpc) is 3.38. The zero-order valence-corrected chi connectivity index (χ0v) is 14.9. The Bertz CT molecular complexity index is 1100. The molecular weight excluding hydrogens is 328 g/mol. The van der Waals surface area contributed by atoms with Gasteiger partial charge in [0.1, 0.15) is 17.1 Å². The van der Waals surface area contributed by atoms with Crippen molar-refractivity contribution in [2.45, 2.75) is 25.8 Å². The monoisotopic (exact) mass is 348 g/mol. The lowest BCUT2D eigenvalue weighted by Gasteiger charge is -2.16. The van der Waals surface area contributed by atoms with Crippen LogP contribution in [0, 0.1) is 0 Å². The second kappa shape index (κ2) is 5.72. The molecule has 26 heavy (non-hydrogen) atoms. The number of nitrogens with zero attached hydrogens (tertiary/aromatic N) is 6. The number of aryl methyl sites for hydroxylation is 2. The molecule has 0 saturated carbocycles. The summed E-state index contributed by atoms with van der Waals surface area (Å²) in [6, 6.07) is 2.05. The Morgan fingerprint density at radius 3 is 2.77 bits per heavy atom. The van der Waals surface area contributed by atoms with Gasteiger partial charge in [-0.05, 0) is 18.9 Å². The van der Waals surface area contributed by atoms with E-state index in [1.807, 2.05) is 48.6 Å². The van der Waals surface area contributed by atoms with Crippen LogP contribution in [0.3, 0.4) is 0 Å². The van der Waals surface area contributed by atoms with Crippen LogP contribution in [-0.4, -0.2) is 36.1 Å². The van der Waals surface area contributed by atoms with Gasteiger partial charge in [-0.2, -0.15) is 10.2 Å². The summed E-state index contributed by atoms with van der Waals surface area (Å²) in [4.78, 5) is 4.62. The first-order valence-electron chi connectivity index (χ1n) is 8.84. The molecule has 0 spiro atoms. The van der Waals surface area contributed by atoms with Gasteiger partial charge in [0.25, 0.3) is 0 Å². The first kappa shape index (κ1) is 15.2. The maximum Gasteiger partial charge on any atom is 0.145 e. The topological polar surface area (TPSA) is 62.2 Å². The summed E-state index contributed by atoms with van der Waals surface area (Å²) in [6.45, 7) is 1.01. The number of rotatable bonds is 3. The molecule has 0 N–H and O–H groups in total. The summed E-state index contributed by atoms with van der Waals surface area (Å²) in [7, 11) is 3.61. The molecular formula is C19H20N6O. The van der Waals surface area contributed by atoms with Gasteiger partial charge in [0.2, 0.25) is 0 Å². The van der Waals surface area contributed by atoms with Crippen LogP contribution >= 0.6 is 0 Å². The molecule has 0 aliphatic carbocycles. The minimum Gasteiger partial charge on any atom is -0.494 e. The van der Waals surface area contributed by atoms with Crippen molar-refractivity contribution in [3.63, 3.8) is 0 Å². The van der Waals surface area contributed by atoms with E-state index in [2.05, 4.69) is 19.7 Å². The van der Waals surface area contributed by atoms with Crippen molar-refractivity contribution in [3.05, 3.63) is 42.9 Å². The Morgan fingerprint density at radius 1 is 1.04 bits per heavy atom. The zero-order chi connectivity index (χ0) is 17.7. The molecule has 132 valence electrons. The number of hydrogen-bond acceptors (Lipinski definition) is 4. The van der Waals surface area contributed by atoms with Crippen LogP contribution in [0.15, 0.2) is 37.1 Å². The summed E-state index contributed by atoms with van der Waals surface area (Å²) in [5.74, 6) is 1.96. The van der Waals surface area contributed by atoms with E-state index in [9.17, 15) is 0 Å². The number of imidazole rings is 1. The predicted octanol–water partition coefficient (Wildman–Crippen LogP) is 2.94. The van der Waals surface area contributed by atoms with Crippen molar-refractivity contribution in [3.8, 4) is 28.1 Å². The predicted molar refractivity (Wildman–Crippen MR) is 98.1 cm³/mol. The van der Waals surface area contributed by atoms with Crippen LogP contribution in [-0.2, 0) is 20.0 Å². The third kappa shape index (κ3) is 2.23. The van der Waals surface area contributed by atoms with Crippen LogP contribution in [0.5, 0.6) is 5.75 Å². The number of methoxy groups -OCH3 is 1. The van der Waals surface area contributed by atoms with Gasteiger partial charge in [-0.15, -0.1) is 0 Å². The molecule has 0 radical (unpaired) electrons. The Morgan fingerprint density at radius 2 is 1.96 bits per heavy atom. The van der Waals surface area contributed by atoms with Crippen molar-refractivity contribution in [1.82, 2.24) is 28.9 Å². The van der Waals surface area contributed by atoms with Gasteiger partial charge in [-0.3, -0.25) is 4.68 Å². The van der Waals surface area contributed by atoms with Gasteiger partial charge in [-0.25, -0.2) is 9.50 Å². The maximum atomic E-state index is 5.72. The Labute approximate surface area is 150 Å². The second-order valence-corrected chi connectivity index (χ2v) is 6.72. The molecule has 1 aliphatic rings. The first-order chi connectivity index (χ1) is 12.7. The minimum absolute atomic E-state index is 0.796. The maximum absolute atomic E-state index is 5.72. The van der Waals surface area contributed by atoms with Crippen molar-refractivity contribution >= 4 is 5.52 Å². The number of aromatic nitrogens is 6. The van der Waals surface area contributed by atoms with Crippen molar-refractivity contribution < 1.29 is 4.74 Å². The molecule has 0 saturated heterocycles. The summed E-state index contributed by atoms with van der Waals surface area (Å²) >= 11 is 0. The summed E-state index contributed by atoms with van der Waals surface area (Å²) < 4.78 is 11.7. The molecule has 4 aromatic rings. The highest BCUT2D eigenvalue weighted by Gasteiger charge is 2.20. The summed E-state index contributed by atoms with van der Waals surface area (Å²) in [5.41, 5.74) is 5.19. The molecule has 0 unspecified atom stereocenters. The van der Waals surface area contributed by atoms with Crippen LogP contribution < -0.4 is 4.74 Å². The third-order valence-electron chi connectivity index (χ3n) is 5.08. The molecule has 0 fully saturated rings. The Hall–Kier alpha value is -3.09. The third-order valence-corrected chi connectivity index (χ3v) is 5.08. The van der Waals surface area contributed by atoms with E-state index < -0.39 is 0 Å². The Kier molecular flexibility index (Phi) is 3.34. The lowest BCUT2D eigenvalue weighted by atomic mass is 10.1. The normalized spacial score (nSPS) is 13.9. The van der Waals surface area contributed by atoms with Crippen LogP contribution in [0.4, 0.5) is 0 Å². The van der Waals surface area contributed by atoms with Crippen LogP contribution in [0.1, 0.15) is 18.7 Å². The van der Waals surface area contributed by atoms with E-state index in [0.717, 1.165) is 52.4 Å². The largest absolute Gasteiger partial charge is 0.494 e. The average molecular weight is 348 g/mol. The number of ether oxygens (including phenoxy) is 1. The standard InChI is InChI=1S/C19H20N6O/c1-23-11-14(8-21-23)13-7-17(26-2)19-15(9-22-25(19)12-13)16-10-20-18-5-3-4-6-24(16)18/h7-12H,3-6H2,1-2H3. The highest BCUT2D eigenvalue weighted by Crippen LogP contribution is 2.35. The van der Waals surface area contributed by atoms with Crippen molar-refractivity contribution in [2.75, 3.05) is 7.11 Å². The lowest BCUT2D eigenvalue weighted by Crippen LogP contribution is -2.11. The highest BCUT2D eigenvalue weighted by atomic mass is 16.5. The van der Waals surface area contributed by atoms with Gasteiger partial charge < -0.3 is 9.30 Å². The van der Waals surface area contributed by atoms with E-state index >= 15 is 0 Å². The molecule has 7 heteroatoms. The fourth-order valence-electron chi connectivity index (χ4n) is 3.79. The van der Waals surface area contributed by atoms with Crippen molar-refractivity contribution in [2.24, 2.45) is 7.05 Å². The van der Waals surface area contributed by atoms with Crippen LogP contribution in [0.2, 0.25) is 0 Å². The van der Waals surface area contributed by atoms with Gasteiger partial charge in [0.15, 0.2) is 0 Å². The van der Waals surface area contributed by atoms with Crippen LogP contribution in [0.25, 0.3) is 27.9 Å². The molecule has 7 nitrogen and oxygen atoms in total. The van der Waals surface area contributed by atoms with E-state index in [1.165, 1.54) is 12.8 Å². The van der Waals surface area contributed by atoms with Crippen molar-refractivity contribution in [1.29, 1.82) is 0 Å². The van der Waals surface area contributed by atoms with Gasteiger partial charge in [0, 0.05) is 49.1 Å². The van der Waals surface area contributed by atoms with Gasteiger partial charge in [0.05, 0.1) is 31.4 Å². The number of pyridine rings is 1. The molecule has 0 amide bonds. The first-order valence-corrected chi connectivity index (χ1v) is 8.84. The molecule has 1 aliphatic heterocycles. The Balaban J connectivity index is 1.70. The number of fused-ring (bicyclic) bond motifs is 2. The second-order valence-electron chi connectivity index (χ2n) is 6.72. The highest BCUT2D eigenvalue weighted by molar-refractivity contribution is 5.85. The molecule has 0 aromatic carbocycles. The number of hydrogen-bond donors (Lipinski definition) is 0. The van der Waals surface area contributed by atoms with E-state index in [0.29, 0.717) is 0 Å². The smallest absolute Gasteiger partial charge is 0.145 e. The lowest BCUT2D eigenvalue weighted by molar-refractivity contribution is 0.418. The molecule has 5 rings (SSSR count). The molecule has 0 bridgehead atoms. The molecule has 0 atom stereocenters. The van der Waals surface area contributed by atoms with Gasteiger partial charge in [-0.1, -0.05) is 0 Å². The van der Waals surface area contributed by atoms with E-state index in [-0.39, 0.29) is 0 Å². The molecule has 5 heterocycles. The summed E-state index contributed by atoms with van der Waals surface area (Å²) in [5, 5.41) is 8.85. The molecule has 4 aromatic heterocycles. The SMILES string of the molecule is COc1cc(-c2cnn(C)c2)cn2ncc(-c3cnc4n3CCCC4)c12. The van der Waals surface area contributed by atoms with E-state index in [4.69, 9.17) is 4.74 Å².